The van der Waals surface area contributed by atoms with Crippen LogP contribution in [-0.2, 0) is 9.59 Å². The molecule has 6 heteroatoms. The lowest BCUT2D eigenvalue weighted by Gasteiger charge is -2.27. The maximum atomic E-state index is 13.0. The van der Waals surface area contributed by atoms with Crippen molar-refractivity contribution in [2.24, 2.45) is 0 Å². The first-order valence-corrected chi connectivity index (χ1v) is 11.4. The van der Waals surface area contributed by atoms with Crippen molar-refractivity contribution in [2.75, 3.05) is 11.1 Å². The number of nitrogens with one attached hydrogen (secondary N) is 3. The molecule has 0 heterocycles. The van der Waals surface area contributed by atoms with E-state index in [1.807, 2.05) is 50.2 Å². The van der Waals surface area contributed by atoms with Crippen LogP contribution in [-0.4, -0.2) is 23.9 Å². The quantitative estimate of drug-likeness (QED) is 0.366. The lowest BCUT2D eigenvalue weighted by atomic mass is 9.94. The van der Waals surface area contributed by atoms with Gasteiger partial charge in [-0.05, 0) is 56.0 Å². The molecule has 0 saturated heterocycles. The zero-order chi connectivity index (χ0) is 22.9. The molecule has 1 saturated carbocycles. The number of hydrogen-bond acceptors (Lipinski definition) is 4. The Labute approximate surface area is 190 Å². The van der Waals surface area contributed by atoms with Crippen LogP contribution < -0.4 is 21.7 Å². The summed E-state index contributed by atoms with van der Waals surface area (Å²) in [6, 6.07) is 14.9. The molecule has 0 bridgehead atoms. The van der Waals surface area contributed by atoms with E-state index < -0.39 is 6.04 Å². The first-order chi connectivity index (χ1) is 15.4. The summed E-state index contributed by atoms with van der Waals surface area (Å²) in [5, 5.41) is 9.38. The van der Waals surface area contributed by atoms with Crippen LogP contribution in [0.5, 0.6) is 0 Å². The monoisotopic (exact) mass is 434 g/mol. The minimum atomic E-state index is -0.403. The van der Waals surface area contributed by atoms with E-state index in [4.69, 9.17) is 5.73 Å². The second-order valence-electron chi connectivity index (χ2n) is 8.67. The van der Waals surface area contributed by atoms with Gasteiger partial charge in [-0.3, -0.25) is 14.9 Å². The molecule has 1 fully saturated rings. The molecule has 0 aromatic heterocycles. The first-order valence-electron chi connectivity index (χ1n) is 11.4. The van der Waals surface area contributed by atoms with Gasteiger partial charge in [0.15, 0.2) is 0 Å². The third-order valence-corrected chi connectivity index (χ3v) is 5.63. The fraction of sp³-hybridized carbons (Fsp3) is 0.385. The molecule has 1 aliphatic rings. The molecular weight excluding hydrogens is 400 g/mol. The predicted octanol–water partition coefficient (Wildman–Crippen LogP) is 4.41. The Morgan fingerprint density at radius 2 is 1.69 bits per heavy atom. The van der Waals surface area contributed by atoms with E-state index in [0.29, 0.717) is 11.4 Å². The largest absolute Gasteiger partial charge is 0.397 e. The van der Waals surface area contributed by atoms with Crippen molar-refractivity contribution in [3.05, 3.63) is 65.7 Å². The highest BCUT2D eigenvalue weighted by Crippen LogP contribution is 2.21. The summed E-state index contributed by atoms with van der Waals surface area (Å²) >= 11 is 0. The van der Waals surface area contributed by atoms with Crippen molar-refractivity contribution in [3.63, 3.8) is 0 Å². The van der Waals surface area contributed by atoms with Gasteiger partial charge in [0.2, 0.25) is 11.8 Å². The third kappa shape index (κ3) is 6.95. The number of hydrogen-bond donors (Lipinski definition) is 4. The molecule has 6 nitrogen and oxygen atoms in total. The van der Waals surface area contributed by atoms with E-state index in [0.717, 1.165) is 24.0 Å². The highest BCUT2D eigenvalue weighted by atomic mass is 16.2. The molecule has 32 heavy (non-hydrogen) atoms. The molecule has 170 valence electrons. The highest BCUT2D eigenvalue weighted by Gasteiger charge is 2.24. The predicted molar refractivity (Wildman–Crippen MR) is 131 cm³/mol. The zero-order valence-electron chi connectivity index (χ0n) is 18.9. The fourth-order valence-corrected chi connectivity index (χ4v) is 3.94. The Morgan fingerprint density at radius 3 is 2.34 bits per heavy atom. The van der Waals surface area contributed by atoms with Crippen LogP contribution >= 0.6 is 0 Å². The van der Waals surface area contributed by atoms with E-state index in [-0.39, 0.29) is 23.9 Å². The summed E-state index contributed by atoms with van der Waals surface area (Å²) in [7, 11) is 0. The number of carbonyl (C=O) groups excluding carboxylic acids is 2. The van der Waals surface area contributed by atoms with Crippen molar-refractivity contribution in [1.29, 1.82) is 0 Å². The Morgan fingerprint density at radius 1 is 1.00 bits per heavy atom. The summed E-state index contributed by atoms with van der Waals surface area (Å²) in [4.78, 5) is 25.2. The van der Waals surface area contributed by atoms with E-state index >= 15 is 0 Å². The molecule has 5 N–H and O–H groups in total. The van der Waals surface area contributed by atoms with Gasteiger partial charge in [-0.15, -0.1) is 0 Å². The van der Waals surface area contributed by atoms with Crippen molar-refractivity contribution >= 4 is 29.3 Å². The molecule has 2 aromatic rings. The number of nitrogen functional groups attached to an aromatic ring is 1. The van der Waals surface area contributed by atoms with Gasteiger partial charge in [-0.25, -0.2) is 0 Å². The molecule has 2 aromatic carbocycles. The van der Waals surface area contributed by atoms with Crippen LogP contribution in [0.2, 0.25) is 0 Å². The van der Waals surface area contributed by atoms with E-state index in [1.54, 1.807) is 18.2 Å². The second-order valence-corrected chi connectivity index (χ2v) is 8.67. The summed E-state index contributed by atoms with van der Waals surface area (Å²) in [5.41, 5.74) is 8.75. The van der Waals surface area contributed by atoms with Gasteiger partial charge in [0, 0.05) is 18.2 Å². The van der Waals surface area contributed by atoms with Crippen molar-refractivity contribution < 1.29 is 9.59 Å². The van der Waals surface area contributed by atoms with Crippen LogP contribution in [0, 0.1) is 0 Å². The maximum absolute atomic E-state index is 13.0. The van der Waals surface area contributed by atoms with Gasteiger partial charge in [-0.2, -0.15) is 0 Å². The first kappa shape index (κ1) is 23.5. The molecular formula is C26H34N4O2. The van der Waals surface area contributed by atoms with Gasteiger partial charge >= 0.3 is 0 Å². The third-order valence-electron chi connectivity index (χ3n) is 5.63. The molecule has 2 amide bonds. The number of carbonyl (C=O) groups is 2. The van der Waals surface area contributed by atoms with Crippen LogP contribution in [0.4, 0.5) is 11.4 Å². The van der Waals surface area contributed by atoms with Crippen LogP contribution in [0.15, 0.2) is 54.6 Å². The average Bonchev–Trinajstić information content (AvgIpc) is 2.78. The van der Waals surface area contributed by atoms with Crippen molar-refractivity contribution in [3.8, 4) is 0 Å². The minimum absolute atomic E-state index is 0.0220. The molecule has 3 rings (SSSR count). The summed E-state index contributed by atoms with van der Waals surface area (Å²) in [6.45, 7) is 4.08. The second kappa shape index (κ2) is 11.5. The Bertz CT molecular complexity index is 931. The topological polar surface area (TPSA) is 96.2 Å². The number of rotatable bonds is 8. The standard InChI is InChI=1S/C26H34N4O2/c1-18(2)28-25(26(32)29-21-8-4-3-5-9-21)20-15-12-19(13-16-20)14-17-24(31)30-23-11-7-6-10-22(23)27/h6-7,10-18,21,25,28H,3-5,8-9,27H2,1-2H3,(H,29,32)(H,30,31)/b17-14+. The van der Waals surface area contributed by atoms with Gasteiger partial charge in [0.05, 0.1) is 11.4 Å². The van der Waals surface area contributed by atoms with Gasteiger partial charge in [0.1, 0.15) is 6.04 Å². The maximum Gasteiger partial charge on any atom is 0.248 e. The van der Waals surface area contributed by atoms with Gasteiger partial charge in [-0.1, -0.05) is 55.7 Å². The molecule has 0 radical (unpaired) electrons. The van der Waals surface area contributed by atoms with E-state index in [1.165, 1.54) is 25.3 Å². The Kier molecular flexibility index (Phi) is 8.45. The molecule has 1 unspecified atom stereocenters. The molecule has 0 aliphatic heterocycles. The van der Waals surface area contributed by atoms with Crippen LogP contribution in [0.25, 0.3) is 6.08 Å². The van der Waals surface area contributed by atoms with Crippen molar-refractivity contribution in [1.82, 2.24) is 10.6 Å². The number of benzene rings is 2. The number of para-hydroxylation sites is 2. The number of nitrogens with two attached hydrogens (primary N) is 1. The Hall–Kier alpha value is -3.12. The SMILES string of the molecule is CC(C)NC(C(=O)NC1CCCCC1)c1ccc(/C=C/C(=O)Nc2ccccc2N)cc1. The summed E-state index contributed by atoms with van der Waals surface area (Å²) < 4.78 is 0. The molecule has 1 aliphatic carbocycles. The molecule has 1 atom stereocenters. The van der Waals surface area contributed by atoms with E-state index in [2.05, 4.69) is 16.0 Å². The van der Waals surface area contributed by atoms with Crippen LogP contribution in [0.3, 0.4) is 0 Å². The smallest absolute Gasteiger partial charge is 0.248 e. The minimum Gasteiger partial charge on any atom is -0.397 e. The fourth-order valence-electron chi connectivity index (χ4n) is 3.94. The van der Waals surface area contributed by atoms with Crippen molar-refractivity contribution in [2.45, 2.75) is 64.1 Å². The zero-order valence-corrected chi connectivity index (χ0v) is 18.9. The lowest BCUT2D eigenvalue weighted by Crippen LogP contribution is -2.45. The number of anilines is 2. The summed E-state index contributed by atoms with van der Waals surface area (Å²) in [6.07, 6.45) is 8.94. The van der Waals surface area contributed by atoms with Crippen LogP contribution in [0.1, 0.15) is 63.1 Å². The lowest BCUT2D eigenvalue weighted by molar-refractivity contribution is -0.124. The normalized spacial score (nSPS) is 15.6. The summed E-state index contributed by atoms with van der Waals surface area (Å²) in [5.74, 6) is -0.230. The van der Waals surface area contributed by atoms with E-state index in [9.17, 15) is 9.59 Å². The number of amides is 2. The average molecular weight is 435 g/mol. The van der Waals surface area contributed by atoms with Gasteiger partial charge < -0.3 is 16.4 Å². The van der Waals surface area contributed by atoms with Gasteiger partial charge in [0.25, 0.3) is 0 Å². The Balaban J connectivity index is 1.64. The highest BCUT2D eigenvalue weighted by molar-refractivity contribution is 6.03. The molecule has 0 spiro atoms.